The highest BCUT2D eigenvalue weighted by Crippen LogP contribution is 2.26. The third-order valence-corrected chi connectivity index (χ3v) is 4.96. The second-order valence-corrected chi connectivity index (χ2v) is 7.12. The Morgan fingerprint density at radius 3 is 2.00 bits per heavy atom. The summed E-state index contributed by atoms with van der Waals surface area (Å²) in [5, 5.41) is 0. The third kappa shape index (κ3) is 3.80. The molecule has 0 aliphatic heterocycles. The molecule has 0 radical (unpaired) electrons. The Hall–Kier alpha value is -3.92. The summed E-state index contributed by atoms with van der Waals surface area (Å²) in [5.41, 5.74) is 4.57. The van der Waals surface area contributed by atoms with Crippen molar-refractivity contribution in [2.75, 3.05) is 0 Å². The molecule has 0 saturated heterocycles. The smallest absolute Gasteiger partial charge is 0.195 e. The van der Waals surface area contributed by atoms with Crippen LogP contribution < -0.4 is 0 Å². The summed E-state index contributed by atoms with van der Waals surface area (Å²) in [7, 11) is 0. The zero-order chi connectivity index (χ0) is 21.1. The molecule has 4 rings (SSSR count). The molecular formula is C26H20N2O2. The summed E-state index contributed by atoms with van der Waals surface area (Å²) < 4.78 is 0. The average Bonchev–Trinajstić information content (AvgIpc) is 2.79. The predicted molar refractivity (Wildman–Crippen MR) is 117 cm³/mol. The first-order valence-electron chi connectivity index (χ1n) is 9.69. The van der Waals surface area contributed by atoms with Crippen LogP contribution in [-0.4, -0.2) is 21.5 Å². The van der Waals surface area contributed by atoms with E-state index in [9.17, 15) is 9.59 Å². The van der Waals surface area contributed by atoms with E-state index in [1.807, 2.05) is 55.5 Å². The number of carbonyl (C=O) groups excluding carboxylic acids is 2. The van der Waals surface area contributed by atoms with E-state index in [2.05, 4.69) is 9.97 Å². The topological polar surface area (TPSA) is 59.9 Å². The first-order valence-corrected chi connectivity index (χ1v) is 9.69. The minimum atomic E-state index is -0.190. The average molecular weight is 392 g/mol. The van der Waals surface area contributed by atoms with Gasteiger partial charge in [-0.1, -0.05) is 66.2 Å². The lowest BCUT2D eigenvalue weighted by molar-refractivity contribution is 0.103. The quantitative estimate of drug-likeness (QED) is 0.437. The molecule has 0 amide bonds. The van der Waals surface area contributed by atoms with Crippen molar-refractivity contribution in [3.05, 3.63) is 119 Å². The fraction of sp³-hybridized carbons (Fsp3) is 0.0769. The first-order chi connectivity index (χ1) is 14.5. The van der Waals surface area contributed by atoms with Crippen LogP contribution in [0.15, 0.2) is 85.1 Å². The van der Waals surface area contributed by atoms with Gasteiger partial charge in [-0.05, 0) is 32.0 Å². The lowest BCUT2D eigenvalue weighted by atomic mass is 9.94. The summed E-state index contributed by atoms with van der Waals surface area (Å²) in [4.78, 5) is 35.5. The van der Waals surface area contributed by atoms with E-state index < -0.39 is 0 Å². The van der Waals surface area contributed by atoms with E-state index >= 15 is 0 Å². The highest BCUT2D eigenvalue weighted by molar-refractivity contribution is 6.15. The maximum atomic E-state index is 13.4. The molecule has 0 spiro atoms. The van der Waals surface area contributed by atoms with Gasteiger partial charge in [0, 0.05) is 28.6 Å². The Morgan fingerprint density at radius 1 is 0.700 bits per heavy atom. The van der Waals surface area contributed by atoms with Crippen LogP contribution in [0.1, 0.15) is 43.1 Å². The molecule has 0 atom stereocenters. The number of carbonyl (C=O) groups is 2. The van der Waals surface area contributed by atoms with E-state index in [1.54, 1.807) is 43.5 Å². The zero-order valence-corrected chi connectivity index (χ0v) is 16.8. The van der Waals surface area contributed by atoms with Crippen LogP contribution in [-0.2, 0) is 0 Å². The monoisotopic (exact) mass is 392 g/mol. The molecule has 30 heavy (non-hydrogen) atoms. The molecule has 4 nitrogen and oxygen atoms in total. The maximum Gasteiger partial charge on any atom is 0.195 e. The van der Waals surface area contributed by atoms with Gasteiger partial charge in [-0.3, -0.25) is 14.6 Å². The zero-order valence-electron chi connectivity index (χ0n) is 16.8. The molecule has 4 heteroatoms. The van der Waals surface area contributed by atoms with Gasteiger partial charge in [0.05, 0.1) is 11.3 Å². The third-order valence-electron chi connectivity index (χ3n) is 4.96. The van der Waals surface area contributed by atoms with Crippen molar-refractivity contribution < 1.29 is 9.59 Å². The van der Waals surface area contributed by atoms with Crippen molar-refractivity contribution in [2.24, 2.45) is 0 Å². The summed E-state index contributed by atoms with van der Waals surface area (Å²) >= 11 is 0. The van der Waals surface area contributed by atoms with Crippen LogP contribution in [0.5, 0.6) is 0 Å². The van der Waals surface area contributed by atoms with Gasteiger partial charge >= 0.3 is 0 Å². The number of benzene rings is 2. The number of rotatable bonds is 5. The number of aromatic nitrogens is 2. The van der Waals surface area contributed by atoms with Crippen LogP contribution in [0.25, 0.3) is 11.4 Å². The first kappa shape index (κ1) is 19.4. The Labute approximate surface area is 175 Å². The van der Waals surface area contributed by atoms with Gasteiger partial charge in [0.15, 0.2) is 11.6 Å². The number of ketones is 2. The van der Waals surface area contributed by atoms with Crippen molar-refractivity contribution in [2.45, 2.75) is 13.8 Å². The number of nitrogens with zero attached hydrogens (tertiary/aromatic N) is 2. The van der Waals surface area contributed by atoms with E-state index in [0.29, 0.717) is 39.3 Å². The van der Waals surface area contributed by atoms with Crippen molar-refractivity contribution in [1.29, 1.82) is 0 Å². The highest BCUT2D eigenvalue weighted by atomic mass is 16.1. The lowest BCUT2D eigenvalue weighted by Crippen LogP contribution is -2.12. The molecule has 2 aromatic carbocycles. The molecule has 0 N–H and O–H groups in total. The molecule has 0 aliphatic rings. The van der Waals surface area contributed by atoms with E-state index in [-0.39, 0.29) is 11.6 Å². The molecule has 0 fully saturated rings. The van der Waals surface area contributed by atoms with Gasteiger partial charge in [-0.15, -0.1) is 0 Å². The van der Waals surface area contributed by atoms with Crippen LogP contribution in [0, 0.1) is 13.8 Å². The summed E-state index contributed by atoms with van der Waals surface area (Å²) in [6.45, 7) is 3.75. The molecule has 0 bridgehead atoms. The SMILES string of the molecule is Cc1ccc(C(=O)c2cc(C(=O)c3ccccc3)c(C)nc2-c2ccccn2)cc1. The second kappa shape index (κ2) is 8.21. The van der Waals surface area contributed by atoms with E-state index in [1.165, 1.54) is 0 Å². The number of hydrogen-bond donors (Lipinski definition) is 0. The second-order valence-electron chi connectivity index (χ2n) is 7.12. The van der Waals surface area contributed by atoms with Gasteiger partial charge < -0.3 is 0 Å². The Balaban J connectivity index is 1.89. The molecule has 146 valence electrons. The molecule has 4 aromatic rings. The lowest BCUT2D eigenvalue weighted by Gasteiger charge is -2.13. The highest BCUT2D eigenvalue weighted by Gasteiger charge is 2.22. The van der Waals surface area contributed by atoms with E-state index in [4.69, 9.17) is 0 Å². The van der Waals surface area contributed by atoms with Crippen molar-refractivity contribution in [3.63, 3.8) is 0 Å². The van der Waals surface area contributed by atoms with Gasteiger partial charge in [0.2, 0.25) is 0 Å². The minimum Gasteiger partial charge on any atom is -0.289 e. The summed E-state index contributed by atoms with van der Waals surface area (Å²) in [6, 6.07) is 23.5. The number of hydrogen-bond acceptors (Lipinski definition) is 4. The van der Waals surface area contributed by atoms with Crippen LogP contribution in [0.4, 0.5) is 0 Å². The minimum absolute atomic E-state index is 0.161. The van der Waals surface area contributed by atoms with Gasteiger partial charge in [-0.25, -0.2) is 4.98 Å². The van der Waals surface area contributed by atoms with Crippen molar-refractivity contribution in [1.82, 2.24) is 9.97 Å². The van der Waals surface area contributed by atoms with Gasteiger partial charge in [0.25, 0.3) is 0 Å². The van der Waals surface area contributed by atoms with E-state index in [0.717, 1.165) is 5.56 Å². The van der Waals surface area contributed by atoms with Gasteiger partial charge in [0.1, 0.15) is 5.69 Å². The van der Waals surface area contributed by atoms with Crippen LogP contribution in [0.2, 0.25) is 0 Å². The fourth-order valence-electron chi connectivity index (χ4n) is 3.31. The van der Waals surface area contributed by atoms with Crippen molar-refractivity contribution in [3.8, 4) is 11.4 Å². The molecule has 0 saturated carbocycles. The van der Waals surface area contributed by atoms with Gasteiger partial charge in [-0.2, -0.15) is 0 Å². The predicted octanol–water partition coefficient (Wildman–Crippen LogP) is 5.22. The Bertz CT molecular complexity index is 1220. The largest absolute Gasteiger partial charge is 0.289 e. The molecule has 2 aromatic heterocycles. The molecule has 2 heterocycles. The number of aryl methyl sites for hydroxylation is 2. The fourth-order valence-corrected chi connectivity index (χ4v) is 3.31. The summed E-state index contributed by atoms with van der Waals surface area (Å²) in [5.74, 6) is -0.351. The van der Waals surface area contributed by atoms with Crippen LogP contribution in [0.3, 0.4) is 0 Å². The Morgan fingerprint density at radius 2 is 1.33 bits per heavy atom. The number of pyridine rings is 2. The molecule has 0 aliphatic carbocycles. The maximum absolute atomic E-state index is 13.4. The molecular weight excluding hydrogens is 372 g/mol. The molecule has 0 unspecified atom stereocenters. The summed E-state index contributed by atoms with van der Waals surface area (Å²) in [6.07, 6.45) is 1.66. The van der Waals surface area contributed by atoms with Crippen molar-refractivity contribution >= 4 is 11.6 Å². The Kier molecular flexibility index (Phi) is 5.31. The normalized spacial score (nSPS) is 10.6. The van der Waals surface area contributed by atoms with Crippen LogP contribution >= 0.6 is 0 Å². The standard InChI is InChI=1S/C26H20N2O2/c1-17-11-13-20(14-12-17)26(30)22-16-21(25(29)19-8-4-3-5-9-19)18(2)28-24(22)23-10-6-7-15-27-23/h3-16H,1-2H3.